The number of esters is 1. The van der Waals surface area contributed by atoms with Crippen molar-refractivity contribution in [3.05, 3.63) is 59.7 Å². The van der Waals surface area contributed by atoms with Gasteiger partial charge in [0.15, 0.2) is 6.61 Å². The Balaban J connectivity index is 1.38. The summed E-state index contributed by atoms with van der Waals surface area (Å²) in [4.78, 5) is 38.0. The lowest BCUT2D eigenvalue weighted by Gasteiger charge is -2.28. The molecule has 1 heterocycles. The number of hydrogen-bond acceptors (Lipinski definition) is 6. The third kappa shape index (κ3) is 6.31. The van der Waals surface area contributed by atoms with E-state index in [1.807, 2.05) is 25.1 Å². The number of ether oxygens (including phenoxy) is 2. The molecular weight excluding hydrogens is 386 g/mol. The number of aryl methyl sites for hydroxylation is 1. The fraction of sp³-hybridized carbons (Fsp3) is 0.318. The topological polar surface area (TPSA) is 97.0 Å². The van der Waals surface area contributed by atoms with Crippen LogP contribution in [-0.2, 0) is 19.1 Å². The number of carbonyl (C=O) groups is 3. The molecule has 2 aromatic rings. The van der Waals surface area contributed by atoms with Gasteiger partial charge in [0.1, 0.15) is 6.54 Å². The minimum Gasteiger partial charge on any atom is -0.454 e. The lowest BCUT2D eigenvalue weighted by molar-refractivity contribution is -0.146. The highest BCUT2D eigenvalue weighted by atomic mass is 16.5. The molecule has 0 aliphatic carbocycles. The van der Waals surface area contributed by atoms with Gasteiger partial charge in [-0.2, -0.15) is 0 Å². The zero-order valence-corrected chi connectivity index (χ0v) is 16.8. The summed E-state index contributed by atoms with van der Waals surface area (Å²) < 4.78 is 10.3. The molecule has 1 saturated heterocycles. The third-order valence-corrected chi connectivity index (χ3v) is 4.57. The molecule has 3 rings (SSSR count). The maximum Gasteiger partial charge on any atom is 0.325 e. The van der Waals surface area contributed by atoms with Crippen LogP contribution in [0.1, 0.15) is 15.9 Å². The summed E-state index contributed by atoms with van der Waals surface area (Å²) in [6.07, 6.45) is 0. The first-order chi connectivity index (χ1) is 14.5. The van der Waals surface area contributed by atoms with Crippen LogP contribution in [0.2, 0.25) is 0 Å². The van der Waals surface area contributed by atoms with E-state index in [0.29, 0.717) is 24.5 Å². The maximum atomic E-state index is 12.0. The molecule has 8 heteroatoms. The van der Waals surface area contributed by atoms with Crippen molar-refractivity contribution in [2.24, 2.45) is 0 Å². The molecule has 0 unspecified atom stereocenters. The first-order valence-electron chi connectivity index (χ1n) is 9.74. The minimum absolute atomic E-state index is 0.311. The predicted octanol–water partition coefficient (Wildman–Crippen LogP) is 1.74. The van der Waals surface area contributed by atoms with Crippen LogP contribution in [0.3, 0.4) is 0 Å². The molecular formula is C22H25N3O5. The van der Waals surface area contributed by atoms with Gasteiger partial charge < -0.3 is 25.0 Å². The number of morpholine rings is 1. The van der Waals surface area contributed by atoms with E-state index in [1.54, 1.807) is 30.3 Å². The van der Waals surface area contributed by atoms with E-state index in [2.05, 4.69) is 15.5 Å². The second-order valence-electron chi connectivity index (χ2n) is 6.91. The maximum absolute atomic E-state index is 12.0. The Labute approximate surface area is 175 Å². The highest BCUT2D eigenvalue weighted by Crippen LogP contribution is 2.19. The number of rotatable bonds is 7. The molecule has 2 aromatic carbocycles. The minimum atomic E-state index is -0.686. The first kappa shape index (κ1) is 21.3. The lowest BCUT2D eigenvalue weighted by Crippen LogP contribution is -2.36. The number of benzene rings is 2. The van der Waals surface area contributed by atoms with Crippen LogP contribution in [0.15, 0.2) is 48.5 Å². The van der Waals surface area contributed by atoms with E-state index < -0.39 is 18.5 Å². The first-order valence-corrected chi connectivity index (χ1v) is 9.74. The number of nitrogens with zero attached hydrogens (tertiary/aromatic N) is 1. The average molecular weight is 411 g/mol. The molecule has 1 aliphatic heterocycles. The highest BCUT2D eigenvalue weighted by molar-refractivity contribution is 5.96. The summed E-state index contributed by atoms with van der Waals surface area (Å²) in [5.74, 6) is -1.51. The van der Waals surface area contributed by atoms with Crippen molar-refractivity contribution in [2.45, 2.75) is 6.92 Å². The fourth-order valence-electron chi connectivity index (χ4n) is 3.01. The van der Waals surface area contributed by atoms with Gasteiger partial charge in [0.2, 0.25) is 0 Å². The van der Waals surface area contributed by atoms with Crippen LogP contribution < -0.4 is 15.5 Å². The van der Waals surface area contributed by atoms with Crippen LogP contribution in [0.25, 0.3) is 0 Å². The Morgan fingerprint density at radius 3 is 2.50 bits per heavy atom. The molecule has 0 spiro atoms. The quantitative estimate of drug-likeness (QED) is 0.674. The molecule has 1 aliphatic rings. The third-order valence-electron chi connectivity index (χ3n) is 4.57. The summed E-state index contributed by atoms with van der Waals surface area (Å²) >= 11 is 0. The van der Waals surface area contributed by atoms with Gasteiger partial charge in [-0.15, -0.1) is 0 Å². The van der Waals surface area contributed by atoms with Crippen molar-refractivity contribution >= 4 is 29.2 Å². The lowest BCUT2D eigenvalue weighted by atomic mass is 10.1. The monoisotopic (exact) mass is 411 g/mol. The van der Waals surface area contributed by atoms with Gasteiger partial charge in [-0.3, -0.25) is 14.4 Å². The molecule has 0 aromatic heterocycles. The number of nitrogens with one attached hydrogen (secondary N) is 2. The smallest absolute Gasteiger partial charge is 0.325 e. The van der Waals surface area contributed by atoms with Crippen molar-refractivity contribution in [3.63, 3.8) is 0 Å². The Bertz CT molecular complexity index is 892. The molecule has 2 amide bonds. The number of carbonyl (C=O) groups excluding carboxylic acids is 3. The molecule has 2 N–H and O–H groups in total. The van der Waals surface area contributed by atoms with Crippen LogP contribution >= 0.6 is 0 Å². The molecule has 1 fully saturated rings. The second-order valence-corrected chi connectivity index (χ2v) is 6.91. The molecule has 0 radical (unpaired) electrons. The van der Waals surface area contributed by atoms with Gasteiger partial charge in [-0.1, -0.05) is 17.7 Å². The van der Waals surface area contributed by atoms with Gasteiger partial charge in [-0.05, 0) is 43.3 Å². The van der Waals surface area contributed by atoms with Gasteiger partial charge in [0.25, 0.3) is 11.8 Å². The van der Waals surface area contributed by atoms with E-state index >= 15 is 0 Å². The van der Waals surface area contributed by atoms with Gasteiger partial charge >= 0.3 is 5.97 Å². The highest BCUT2D eigenvalue weighted by Gasteiger charge is 2.13. The Morgan fingerprint density at radius 1 is 1.07 bits per heavy atom. The van der Waals surface area contributed by atoms with E-state index in [9.17, 15) is 14.4 Å². The van der Waals surface area contributed by atoms with Crippen molar-refractivity contribution in [1.82, 2.24) is 5.32 Å². The van der Waals surface area contributed by atoms with Crippen molar-refractivity contribution in [3.8, 4) is 0 Å². The van der Waals surface area contributed by atoms with Crippen LogP contribution in [0, 0.1) is 6.92 Å². The molecule has 0 bridgehead atoms. The largest absolute Gasteiger partial charge is 0.454 e. The van der Waals surface area contributed by atoms with Crippen LogP contribution in [0.4, 0.5) is 11.4 Å². The summed E-state index contributed by atoms with van der Waals surface area (Å²) in [6.45, 7) is 4.22. The normalized spacial score (nSPS) is 13.4. The zero-order valence-electron chi connectivity index (χ0n) is 16.8. The second kappa shape index (κ2) is 10.4. The number of anilines is 2. The summed E-state index contributed by atoms with van der Waals surface area (Å²) in [6, 6.07) is 14.5. The van der Waals surface area contributed by atoms with E-state index in [4.69, 9.17) is 9.47 Å². The fourth-order valence-corrected chi connectivity index (χ4v) is 3.01. The van der Waals surface area contributed by atoms with Crippen molar-refractivity contribution < 1.29 is 23.9 Å². The molecule has 0 saturated carbocycles. The van der Waals surface area contributed by atoms with E-state index in [-0.39, 0.29) is 12.5 Å². The molecule has 158 valence electrons. The molecule has 0 atom stereocenters. The average Bonchev–Trinajstić information content (AvgIpc) is 2.77. The zero-order chi connectivity index (χ0) is 21.3. The Hall–Kier alpha value is -3.39. The SMILES string of the molecule is Cc1cccc(C(=O)NCC(=O)OCC(=O)Nc2ccc(N3CCOCC3)cc2)c1. The van der Waals surface area contributed by atoms with Crippen LogP contribution in [0.5, 0.6) is 0 Å². The van der Waals surface area contributed by atoms with Crippen molar-refractivity contribution in [2.75, 3.05) is 49.7 Å². The number of amides is 2. The van der Waals surface area contributed by atoms with Crippen LogP contribution in [-0.4, -0.2) is 57.2 Å². The molecule has 8 nitrogen and oxygen atoms in total. The van der Waals surface area contributed by atoms with Gasteiger partial charge in [-0.25, -0.2) is 0 Å². The summed E-state index contributed by atoms with van der Waals surface area (Å²) in [7, 11) is 0. The number of hydrogen-bond donors (Lipinski definition) is 2. The van der Waals surface area contributed by atoms with Crippen molar-refractivity contribution in [1.29, 1.82) is 0 Å². The standard InChI is InChI=1S/C22H25N3O5/c1-16-3-2-4-17(13-16)22(28)23-14-21(27)30-15-20(26)24-18-5-7-19(8-6-18)25-9-11-29-12-10-25/h2-8,13H,9-12,14-15H2,1H3,(H,23,28)(H,24,26). The Kier molecular flexibility index (Phi) is 7.40. The van der Waals surface area contributed by atoms with Gasteiger partial charge in [0.05, 0.1) is 13.2 Å². The Morgan fingerprint density at radius 2 is 1.80 bits per heavy atom. The summed E-state index contributed by atoms with van der Waals surface area (Å²) in [5, 5.41) is 5.16. The predicted molar refractivity (Wildman–Crippen MR) is 113 cm³/mol. The van der Waals surface area contributed by atoms with E-state index in [1.165, 1.54) is 0 Å². The van der Waals surface area contributed by atoms with Gasteiger partial charge in [0, 0.05) is 30.0 Å². The van der Waals surface area contributed by atoms with E-state index in [0.717, 1.165) is 24.3 Å². The summed E-state index contributed by atoms with van der Waals surface area (Å²) in [5.41, 5.74) is 3.08. The molecule has 30 heavy (non-hydrogen) atoms.